The second-order valence-corrected chi connectivity index (χ2v) is 10.7. The predicted octanol–water partition coefficient (Wildman–Crippen LogP) is 3.58. The molecule has 0 aliphatic carbocycles. The first kappa shape index (κ1) is 37.4. The van der Waals surface area contributed by atoms with Crippen molar-refractivity contribution < 1.29 is 44.4 Å². The lowest BCUT2D eigenvalue weighted by Gasteiger charge is -2.29. The van der Waals surface area contributed by atoms with E-state index in [0.29, 0.717) is 41.8 Å². The van der Waals surface area contributed by atoms with Crippen LogP contribution >= 0.6 is 0 Å². The Balaban J connectivity index is 0.00000924. The molecule has 43 heavy (non-hydrogen) atoms. The number of ether oxygens (including phenoxy) is 3. The number of amides is 2. The molecule has 0 radical (unpaired) electrons. The van der Waals surface area contributed by atoms with Crippen LogP contribution in [-0.4, -0.2) is 72.5 Å². The van der Waals surface area contributed by atoms with Crippen molar-refractivity contribution in [2.45, 2.75) is 72.4 Å². The number of nitrogens with two attached hydrogens (primary N) is 2. The van der Waals surface area contributed by atoms with Crippen LogP contribution in [0.4, 0.5) is 16.2 Å². The highest BCUT2D eigenvalue weighted by atomic mass is 16.6. The Labute approximate surface area is 255 Å². The highest BCUT2D eigenvalue weighted by Crippen LogP contribution is 2.40. The molecule has 1 aliphatic heterocycles. The van der Waals surface area contributed by atoms with E-state index < -0.39 is 42.3 Å². The number of allylic oxidation sites excluding steroid dienone is 2. The fourth-order valence-corrected chi connectivity index (χ4v) is 5.06. The minimum absolute atomic E-state index is 0. The molecule has 1 aliphatic rings. The van der Waals surface area contributed by atoms with E-state index in [1.54, 1.807) is 43.5 Å². The van der Waals surface area contributed by atoms with Crippen LogP contribution in [0.2, 0.25) is 0 Å². The van der Waals surface area contributed by atoms with Crippen LogP contribution in [0.15, 0.2) is 54.2 Å². The number of carbonyl (C=O) groups is 2. The lowest BCUT2D eigenvalue weighted by Crippen LogP contribution is -2.78. The zero-order valence-corrected chi connectivity index (χ0v) is 25.3. The third kappa shape index (κ3) is 10.2. The molecule has 8 N–H and O–H groups in total. The van der Waals surface area contributed by atoms with Crippen LogP contribution in [0.3, 0.4) is 0 Å². The molecule has 0 aromatic heterocycles. The number of methoxy groups -OCH3 is 2. The largest absolute Gasteiger partial charge is 0.505 e. The molecule has 6 atom stereocenters. The number of phenolic OH excluding ortho intramolecular Hbond substituents is 2. The van der Waals surface area contributed by atoms with Gasteiger partial charge in [0, 0.05) is 31.8 Å². The number of benzene rings is 1. The third-order valence-corrected chi connectivity index (χ3v) is 7.36. The quantitative estimate of drug-likeness (QED) is 0.124. The fraction of sp³-hybridized carbons (Fsp3) is 0.500. The van der Waals surface area contributed by atoms with E-state index in [2.05, 4.69) is 11.9 Å². The van der Waals surface area contributed by atoms with Gasteiger partial charge in [-0.3, -0.25) is 4.79 Å². The Morgan fingerprint density at radius 3 is 2.49 bits per heavy atom. The van der Waals surface area contributed by atoms with E-state index >= 15 is 0 Å². The number of fused-ring (bicyclic) bond motifs is 2. The molecule has 11 heteroatoms. The SMILES string of the molecule is C.C=CC[NH2+]c1c(O)cc2c(O)c1CC(C)C[C@H](OC)[C@H](O)[C@@H](C)/C=C(\C)[C@H](OC(N)=O)[C@@H](OC)/C=C\C=C(/C)C(=O)N2. The van der Waals surface area contributed by atoms with Gasteiger partial charge < -0.3 is 45.9 Å². The maximum absolute atomic E-state index is 13.0. The minimum Gasteiger partial charge on any atom is -0.505 e. The van der Waals surface area contributed by atoms with Crippen molar-refractivity contribution in [1.29, 1.82) is 0 Å². The summed E-state index contributed by atoms with van der Waals surface area (Å²) in [5.41, 5.74) is 7.23. The molecule has 1 aromatic carbocycles. The number of primary amides is 1. The predicted molar refractivity (Wildman–Crippen MR) is 167 cm³/mol. The van der Waals surface area contributed by atoms with Gasteiger partial charge in [0.1, 0.15) is 11.9 Å². The number of anilines is 1. The number of quaternary nitrogens is 1. The molecule has 2 amide bonds. The van der Waals surface area contributed by atoms with Gasteiger partial charge in [0.2, 0.25) is 0 Å². The standard InChI is InChI=1S/C31H45N3O8.CH4/c1-8-12-33-26-21-13-17(2)14-25(41-7)27(36)19(4)15-20(5)29(42-31(32)39)24(40-6)11-9-10-18(3)30(38)34-22(28(21)37)16-23(26)35;/h8-11,15-17,19,24-25,27,29,33,35-37H,1,12-14H2,2-7H3,(H2,32,39)(H,34,38);1H4/p+1/b11-9-,18-10+,20-15+;/t17?,19-,24-,25-,27+,29-;/m0./s1. The molecular formula is C32H50N3O8+. The van der Waals surface area contributed by atoms with Crippen LogP contribution in [-0.2, 0) is 25.4 Å². The van der Waals surface area contributed by atoms with Gasteiger partial charge in [0.15, 0.2) is 17.5 Å². The van der Waals surface area contributed by atoms with Crippen LogP contribution in [0, 0.1) is 11.8 Å². The molecule has 1 aromatic rings. The molecular weight excluding hydrogens is 554 g/mol. The summed E-state index contributed by atoms with van der Waals surface area (Å²) in [5.74, 6) is -1.28. The average molecular weight is 605 g/mol. The first-order valence-corrected chi connectivity index (χ1v) is 13.9. The molecule has 1 heterocycles. The summed E-state index contributed by atoms with van der Waals surface area (Å²) in [4.78, 5) is 24.7. The minimum atomic E-state index is -0.987. The van der Waals surface area contributed by atoms with Crippen molar-refractivity contribution in [3.8, 4) is 11.5 Å². The molecule has 0 spiro atoms. The summed E-state index contributed by atoms with van der Waals surface area (Å²) in [6.45, 7) is 11.3. The number of rotatable bonds is 6. The average Bonchev–Trinajstić information content (AvgIpc) is 2.94. The molecule has 240 valence electrons. The number of aliphatic hydroxyl groups is 1. The van der Waals surface area contributed by atoms with Crippen molar-refractivity contribution in [3.63, 3.8) is 0 Å². The smallest absolute Gasteiger partial charge is 0.405 e. The Morgan fingerprint density at radius 2 is 1.91 bits per heavy atom. The molecule has 2 rings (SSSR count). The molecule has 0 fully saturated rings. The third-order valence-electron chi connectivity index (χ3n) is 7.36. The van der Waals surface area contributed by atoms with Crippen molar-refractivity contribution >= 4 is 23.4 Å². The number of hydrogen-bond acceptors (Lipinski definition) is 8. The van der Waals surface area contributed by atoms with Crippen molar-refractivity contribution in [1.82, 2.24) is 0 Å². The van der Waals surface area contributed by atoms with Crippen LogP contribution < -0.4 is 16.4 Å². The maximum atomic E-state index is 13.0. The molecule has 2 bridgehead atoms. The number of aliphatic hydroxyl groups excluding tert-OH is 1. The van der Waals surface area contributed by atoms with E-state index in [1.165, 1.54) is 26.4 Å². The number of nitrogens with one attached hydrogen (secondary N) is 1. The summed E-state index contributed by atoms with van der Waals surface area (Å²) in [5, 5.41) is 37.8. The highest BCUT2D eigenvalue weighted by Gasteiger charge is 2.30. The van der Waals surface area contributed by atoms with E-state index in [4.69, 9.17) is 19.9 Å². The van der Waals surface area contributed by atoms with E-state index in [-0.39, 0.29) is 30.5 Å². The molecule has 0 saturated carbocycles. The maximum Gasteiger partial charge on any atom is 0.405 e. The lowest BCUT2D eigenvalue weighted by molar-refractivity contribution is -0.562. The second-order valence-electron chi connectivity index (χ2n) is 10.7. The number of aromatic hydroxyl groups is 2. The van der Waals surface area contributed by atoms with Crippen LogP contribution in [0.25, 0.3) is 0 Å². The van der Waals surface area contributed by atoms with Crippen molar-refractivity contribution in [2.75, 3.05) is 26.1 Å². The van der Waals surface area contributed by atoms with Gasteiger partial charge in [-0.2, -0.15) is 0 Å². The van der Waals surface area contributed by atoms with Gasteiger partial charge in [0.05, 0.1) is 30.0 Å². The Bertz CT molecular complexity index is 1210. The van der Waals surface area contributed by atoms with Crippen LogP contribution in [0.1, 0.15) is 47.1 Å². The molecule has 0 saturated heterocycles. The van der Waals surface area contributed by atoms with Gasteiger partial charge in [-0.25, -0.2) is 4.79 Å². The molecule has 1 unspecified atom stereocenters. The van der Waals surface area contributed by atoms with Crippen LogP contribution in [0.5, 0.6) is 11.5 Å². The van der Waals surface area contributed by atoms with E-state index in [0.717, 1.165) is 0 Å². The zero-order chi connectivity index (χ0) is 31.6. The second kappa shape index (κ2) is 17.5. The van der Waals surface area contributed by atoms with Gasteiger partial charge >= 0.3 is 6.09 Å². The summed E-state index contributed by atoms with van der Waals surface area (Å²) in [6.07, 6.45) is 4.79. The monoisotopic (exact) mass is 604 g/mol. The van der Waals surface area contributed by atoms with E-state index in [9.17, 15) is 24.9 Å². The topological polar surface area (TPSA) is 177 Å². The molecule has 11 nitrogen and oxygen atoms in total. The highest BCUT2D eigenvalue weighted by molar-refractivity contribution is 6.04. The van der Waals surface area contributed by atoms with Gasteiger partial charge in [-0.1, -0.05) is 52.2 Å². The summed E-state index contributed by atoms with van der Waals surface area (Å²) in [6, 6.07) is 1.31. The lowest BCUT2D eigenvalue weighted by atomic mass is 9.87. The number of carbonyl (C=O) groups excluding carboxylic acids is 2. The first-order valence-electron chi connectivity index (χ1n) is 13.9. The first-order chi connectivity index (χ1) is 19.8. The van der Waals surface area contributed by atoms with Crippen molar-refractivity contribution in [2.24, 2.45) is 17.6 Å². The summed E-state index contributed by atoms with van der Waals surface area (Å²) in [7, 11) is 2.96. The number of hydrogen-bond donors (Lipinski definition) is 6. The van der Waals surface area contributed by atoms with E-state index in [1.807, 2.05) is 13.8 Å². The van der Waals surface area contributed by atoms with Gasteiger partial charge in [-0.15, -0.1) is 0 Å². The van der Waals surface area contributed by atoms with Crippen molar-refractivity contribution in [3.05, 3.63) is 59.7 Å². The normalized spacial score (nSPS) is 28.7. The van der Waals surface area contributed by atoms with Gasteiger partial charge in [-0.05, 0) is 44.3 Å². The fourth-order valence-electron chi connectivity index (χ4n) is 5.06. The van der Waals surface area contributed by atoms with Gasteiger partial charge in [0.25, 0.3) is 5.91 Å². The summed E-state index contributed by atoms with van der Waals surface area (Å²) < 4.78 is 16.6. The zero-order valence-electron chi connectivity index (χ0n) is 25.3. The Kier molecular flexibility index (Phi) is 15.2. The number of phenols is 2. The summed E-state index contributed by atoms with van der Waals surface area (Å²) >= 11 is 0. The Hall–Kier alpha value is -3.64. The Morgan fingerprint density at radius 1 is 1.23 bits per heavy atom.